The fourth-order valence-electron chi connectivity index (χ4n) is 3.27. The predicted octanol–water partition coefficient (Wildman–Crippen LogP) is 0.372. The van der Waals surface area contributed by atoms with Crippen LogP contribution < -0.4 is 19.7 Å². The first-order valence-corrected chi connectivity index (χ1v) is 8.98. The van der Waals surface area contributed by atoms with Crippen LogP contribution in [0.15, 0.2) is 12.1 Å². The number of piperidine rings is 1. The molecule has 2 atom stereocenters. The summed E-state index contributed by atoms with van der Waals surface area (Å²) >= 11 is 0. The lowest BCUT2D eigenvalue weighted by Crippen LogP contribution is -3.14. The molecule has 1 aliphatic rings. The molecule has 8 nitrogen and oxygen atoms in total. The molecular formula is C19H26N3O5+. The molecule has 8 heteroatoms. The van der Waals surface area contributed by atoms with Crippen LogP contribution in [0.3, 0.4) is 0 Å². The summed E-state index contributed by atoms with van der Waals surface area (Å²) in [6.07, 6.45) is 1.66. The molecule has 27 heavy (non-hydrogen) atoms. The number of nitriles is 1. The summed E-state index contributed by atoms with van der Waals surface area (Å²) < 4.78 is 15.5. The number of hydrogen-bond donors (Lipinski definition) is 2. The van der Waals surface area contributed by atoms with Gasteiger partial charge in [0.15, 0.2) is 18.0 Å². The SMILES string of the molecule is CCOC(=O)[C@H]1CCC[NH+](CC(=O)Nc2cc(OC)c(OC)cc2C#N)C1. The van der Waals surface area contributed by atoms with Crippen molar-refractivity contribution in [2.45, 2.75) is 19.8 Å². The van der Waals surface area contributed by atoms with Crippen LogP contribution in [0.1, 0.15) is 25.3 Å². The highest BCUT2D eigenvalue weighted by molar-refractivity contribution is 5.93. The van der Waals surface area contributed by atoms with Gasteiger partial charge >= 0.3 is 5.97 Å². The molecule has 0 spiro atoms. The number of esters is 1. The number of anilines is 1. The van der Waals surface area contributed by atoms with Gasteiger partial charge in [-0.1, -0.05) is 0 Å². The summed E-state index contributed by atoms with van der Waals surface area (Å²) in [4.78, 5) is 25.4. The van der Waals surface area contributed by atoms with Gasteiger partial charge in [0.25, 0.3) is 5.91 Å². The lowest BCUT2D eigenvalue weighted by molar-refractivity contribution is -0.899. The Morgan fingerprint density at radius 3 is 2.63 bits per heavy atom. The fourth-order valence-corrected chi connectivity index (χ4v) is 3.27. The number of likely N-dealkylation sites (tertiary alicyclic amines) is 1. The quantitative estimate of drug-likeness (QED) is 0.667. The van der Waals surface area contributed by atoms with Crippen molar-refractivity contribution in [3.63, 3.8) is 0 Å². The zero-order valence-electron chi connectivity index (χ0n) is 16.0. The van der Waals surface area contributed by atoms with Gasteiger partial charge in [-0.2, -0.15) is 5.26 Å². The number of amides is 1. The molecule has 1 aromatic carbocycles. The Morgan fingerprint density at radius 1 is 1.30 bits per heavy atom. The molecule has 2 rings (SSSR count). The number of nitrogens with zero attached hydrogens (tertiary/aromatic N) is 1. The Labute approximate surface area is 159 Å². The highest BCUT2D eigenvalue weighted by atomic mass is 16.5. The molecule has 1 amide bonds. The fraction of sp³-hybridized carbons (Fsp3) is 0.526. The minimum atomic E-state index is -0.224. The molecule has 0 aromatic heterocycles. The maximum absolute atomic E-state index is 12.5. The zero-order chi connectivity index (χ0) is 19.8. The van der Waals surface area contributed by atoms with Gasteiger partial charge in [-0.3, -0.25) is 9.59 Å². The number of ether oxygens (including phenoxy) is 3. The Hall–Kier alpha value is -2.79. The van der Waals surface area contributed by atoms with Crippen LogP contribution in [-0.2, 0) is 14.3 Å². The summed E-state index contributed by atoms with van der Waals surface area (Å²) in [5.74, 6) is 0.266. The molecule has 0 radical (unpaired) electrons. The second kappa shape index (κ2) is 9.78. The molecule has 146 valence electrons. The second-order valence-electron chi connectivity index (χ2n) is 6.38. The van der Waals surface area contributed by atoms with E-state index in [-0.39, 0.29) is 24.3 Å². The lowest BCUT2D eigenvalue weighted by atomic mass is 9.98. The predicted molar refractivity (Wildman–Crippen MR) is 97.8 cm³/mol. The Bertz CT molecular complexity index is 729. The number of quaternary nitrogens is 1. The highest BCUT2D eigenvalue weighted by Crippen LogP contribution is 2.32. The standard InChI is InChI=1S/C19H25N3O5/c1-4-27-19(24)13-6-5-7-22(11-13)12-18(23)21-15-9-17(26-3)16(25-2)8-14(15)10-20/h8-9,13H,4-7,11-12H2,1-3H3,(H,21,23)/p+1/t13-/m0/s1. The van der Waals surface area contributed by atoms with Crippen molar-refractivity contribution in [1.82, 2.24) is 0 Å². The molecular weight excluding hydrogens is 350 g/mol. The number of benzene rings is 1. The van der Waals surface area contributed by atoms with E-state index in [4.69, 9.17) is 14.2 Å². The molecule has 0 aliphatic carbocycles. The van der Waals surface area contributed by atoms with Gasteiger partial charge in [0.05, 0.1) is 45.2 Å². The lowest BCUT2D eigenvalue weighted by Gasteiger charge is -2.28. The van der Waals surface area contributed by atoms with Gasteiger partial charge in [-0.05, 0) is 19.8 Å². The van der Waals surface area contributed by atoms with Crippen molar-refractivity contribution < 1.29 is 28.7 Å². The van der Waals surface area contributed by atoms with E-state index in [0.717, 1.165) is 24.3 Å². The second-order valence-corrected chi connectivity index (χ2v) is 6.38. The molecule has 1 fully saturated rings. The van der Waals surface area contributed by atoms with Crippen LogP contribution in [-0.4, -0.2) is 52.3 Å². The molecule has 1 aliphatic heterocycles. The van der Waals surface area contributed by atoms with E-state index < -0.39 is 0 Å². The van der Waals surface area contributed by atoms with E-state index in [1.54, 1.807) is 13.0 Å². The molecule has 0 saturated carbocycles. The van der Waals surface area contributed by atoms with Crippen LogP contribution >= 0.6 is 0 Å². The zero-order valence-corrected chi connectivity index (χ0v) is 16.0. The van der Waals surface area contributed by atoms with Crippen LogP contribution in [0.5, 0.6) is 11.5 Å². The summed E-state index contributed by atoms with van der Waals surface area (Å²) in [7, 11) is 2.97. The number of nitrogens with one attached hydrogen (secondary N) is 2. The van der Waals surface area contributed by atoms with Crippen molar-refractivity contribution >= 4 is 17.6 Å². The van der Waals surface area contributed by atoms with Crippen LogP contribution in [0.25, 0.3) is 0 Å². The minimum absolute atomic E-state index is 0.169. The van der Waals surface area contributed by atoms with Crippen molar-refractivity contribution in [2.75, 3.05) is 45.8 Å². The molecule has 0 bridgehead atoms. The van der Waals surface area contributed by atoms with Gasteiger partial charge in [0.2, 0.25) is 0 Å². The van der Waals surface area contributed by atoms with Crippen LogP contribution in [0.4, 0.5) is 5.69 Å². The van der Waals surface area contributed by atoms with Crippen molar-refractivity contribution in [2.24, 2.45) is 5.92 Å². The smallest absolute Gasteiger partial charge is 0.314 e. The summed E-state index contributed by atoms with van der Waals surface area (Å²) in [6, 6.07) is 5.15. The topological polar surface area (TPSA) is 102 Å². The van der Waals surface area contributed by atoms with Gasteiger partial charge < -0.3 is 24.4 Å². The number of rotatable bonds is 7. The van der Waals surface area contributed by atoms with Gasteiger partial charge in [0.1, 0.15) is 12.0 Å². The molecule has 1 aromatic rings. The summed E-state index contributed by atoms with van der Waals surface area (Å²) in [6.45, 7) is 3.76. The molecule has 1 heterocycles. The summed E-state index contributed by atoms with van der Waals surface area (Å²) in [5.41, 5.74) is 0.664. The molecule has 2 N–H and O–H groups in total. The van der Waals surface area contributed by atoms with E-state index in [1.165, 1.54) is 20.3 Å². The van der Waals surface area contributed by atoms with Crippen molar-refractivity contribution in [3.8, 4) is 17.6 Å². The first-order valence-electron chi connectivity index (χ1n) is 8.98. The third-order valence-electron chi connectivity index (χ3n) is 4.57. The number of methoxy groups -OCH3 is 2. The van der Waals surface area contributed by atoms with Gasteiger partial charge in [-0.15, -0.1) is 0 Å². The molecule has 1 unspecified atom stereocenters. The Balaban J connectivity index is 2.03. The molecule has 1 saturated heterocycles. The number of carbonyl (C=O) groups excluding carboxylic acids is 2. The van der Waals surface area contributed by atoms with Gasteiger partial charge in [0, 0.05) is 12.1 Å². The van der Waals surface area contributed by atoms with Crippen LogP contribution in [0.2, 0.25) is 0 Å². The maximum Gasteiger partial charge on any atom is 0.314 e. The Morgan fingerprint density at radius 2 is 2.00 bits per heavy atom. The average molecular weight is 376 g/mol. The van der Waals surface area contributed by atoms with E-state index >= 15 is 0 Å². The van der Waals surface area contributed by atoms with Crippen molar-refractivity contribution in [1.29, 1.82) is 5.26 Å². The third kappa shape index (κ3) is 5.34. The Kier molecular flexibility index (Phi) is 7.44. The summed E-state index contributed by atoms with van der Waals surface area (Å²) in [5, 5.41) is 12.1. The third-order valence-corrected chi connectivity index (χ3v) is 4.57. The first-order chi connectivity index (χ1) is 13.0. The average Bonchev–Trinajstić information content (AvgIpc) is 2.67. The van der Waals surface area contributed by atoms with Crippen molar-refractivity contribution in [3.05, 3.63) is 17.7 Å². The van der Waals surface area contributed by atoms with Crippen LogP contribution in [0, 0.1) is 17.2 Å². The van der Waals surface area contributed by atoms with E-state index in [1.807, 2.05) is 6.07 Å². The highest BCUT2D eigenvalue weighted by Gasteiger charge is 2.30. The minimum Gasteiger partial charge on any atom is -0.493 e. The van der Waals surface area contributed by atoms with E-state index in [2.05, 4.69) is 5.32 Å². The number of hydrogen-bond acceptors (Lipinski definition) is 6. The largest absolute Gasteiger partial charge is 0.493 e. The monoisotopic (exact) mass is 376 g/mol. The van der Waals surface area contributed by atoms with E-state index in [0.29, 0.717) is 35.9 Å². The first kappa shape index (κ1) is 20.5. The number of carbonyl (C=O) groups is 2. The van der Waals surface area contributed by atoms with E-state index in [9.17, 15) is 14.9 Å². The normalized spacial score (nSPS) is 18.9. The van der Waals surface area contributed by atoms with Gasteiger partial charge in [-0.25, -0.2) is 0 Å². The maximum atomic E-state index is 12.5.